The molecule has 1 aliphatic heterocycles. The van der Waals surface area contributed by atoms with Crippen molar-refractivity contribution in [2.24, 2.45) is 0 Å². The molecule has 132 valence electrons. The molecule has 6 heteroatoms. The number of carbonyl (C=O) groups is 1. The normalized spacial score (nSPS) is 16.8. The molecule has 2 amide bonds. The number of carbonyl (C=O) groups excluding carboxylic acids is 1. The van der Waals surface area contributed by atoms with Gasteiger partial charge in [-0.05, 0) is 36.2 Å². The molecule has 25 heavy (non-hydrogen) atoms. The summed E-state index contributed by atoms with van der Waals surface area (Å²) in [5.74, 6) is 1.06. The first-order valence-corrected chi connectivity index (χ1v) is 8.13. The molecule has 2 aromatic carbocycles. The molecule has 2 aromatic rings. The highest BCUT2D eigenvalue weighted by Crippen LogP contribution is 2.32. The monoisotopic (exact) mass is 344 g/mol. The lowest BCUT2D eigenvalue weighted by Gasteiger charge is -2.33. The third-order valence-electron chi connectivity index (χ3n) is 4.06. The van der Waals surface area contributed by atoms with Crippen molar-refractivity contribution in [3.8, 4) is 11.5 Å². The first kappa shape index (κ1) is 17.1. The lowest BCUT2D eigenvalue weighted by atomic mass is 10.0. The fourth-order valence-corrected chi connectivity index (χ4v) is 2.67. The second-order valence-electron chi connectivity index (χ2n) is 6.20. The molecule has 0 radical (unpaired) electrons. The van der Waals surface area contributed by atoms with Gasteiger partial charge < -0.3 is 19.7 Å². The summed E-state index contributed by atoms with van der Waals surface area (Å²) in [5, 5.41) is 2.97. The van der Waals surface area contributed by atoms with Crippen LogP contribution >= 0.6 is 0 Å². The Morgan fingerprint density at radius 3 is 2.56 bits per heavy atom. The number of halogens is 1. The highest BCUT2D eigenvalue weighted by atomic mass is 19.1. The number of ether oxygens (including phenoxy) is 2. The van der Waals surface area contributed by atoms with Gasteiger partial charge in [0.05, 0.1) is 6.04 Å². The van der Waals surface area contributed by atoms with Crippen molar-refractivity contribution in [1.29, 1.82) is 0 Å². The van der Waals surface area contributed by atoms with Gasteiger partial charge in [0, 0.05) is 14.1 Å². The smallest absolute Gasteiger partial charge is 0.317 e. The Morgan fingerprint density at radius 1 is 1.20 bits per heavy atom. The number of benzene rings is 2. The van der Waals surface area contributed by atoms with E-state index < -0.39 is 0 Å². The van der Waals surface area contributed by atoms with E-state index in [1.54, 1.807) is 26.2 Å². The molecule has 3 rings (SSSR count). The van der Waals surface area contributed by atoms with E-state index in [1.165, 1.54) is 17.0 Å². The molecule has 0 aromatic heterocycles. The summed E-state index contributed by atoms with van der Waals surface area (Å²) in [6.07, 6.45) is 0.166. The zero-order valence-corrected chi connectivity index (χ0v) is 14.2. The third kappa shape index (κ3) is 4.21. The van der Waals surface area contributed by atoms with Crippen LogP contribution < -0.4 is 14.8 Å². The van der Waals surface area contributed by atoms with Crippen LogP contribution in [0.1, 0.15) is 5.56 Å². The quantitative estimate of drug-likeness (QED) is 0.928. The second-order valence-corrected chi connectivity index (χ2v) is 6.20. The number of hydrogen-bond acceptors (Lipinski definition) is 3. The molecule has 0 saturated carbocycles. The summed E-state index contributed by atoms with van der Waals surface area (Å²) >= 11 is 0. The highest BCUT2D eigenvalue weighted by Gasteiger charge is 2.30. The second kappa shape index (κ2) is 7.42. The number of rotatable bonds is 4. The highest BCUT2D eigenvalue weighted by molar-refractivity contribution is 5.74. The molecule has 1 aliphatic rings. The molecule has 0 aliphatic carbocycles. The Morgan fingerprint density at radius 2 is 1.88 bits per heavy atom. The summed E-state index contributed by atoms with van der Waals surface area (Å²) in [6, 6.07) is 13.2. The van der Waals surface area contributed by atoms with Gasteiger partial charge in [0.1, 0.15) is 12.4 Å². The number of para-hydroxylation sites is 2. The van der Waals surface area contributed by atoms with Crippen LogP contribution in [0.3, 0.4) is 0 Å². The molecule has 2 atom stereocenters. The lowest BCUT2D eigenvalue weighted by molar-refractivity contribution is 0.0631. The molecule has 0 spiro atoms. The van der Waals surface area contributed by atoms with Crippen molar-refractivity contribution in [2.45, 2.75) is 18.6 Å². The summed E-state index contributed by atoms with van der Waals surface area (Å²) in [5.41, 5.74) is 0.910. The van der Waals surface area contributed by atoms with Gasteiger partial charge in [-0.25, -0.2) is 9.18 Å². The van der Waals surface area contributed by atoms with E-state index >= 15 is 0 Å². The molecule has 0 fully saturated rings. The Labute approximate surface area is 146 Å². The Bertz CT molecular complexity index is 734. The Kier molecular flexibility index (Phi) is 5.07. The minimum absolute atomic E-state index is 0.213. The largest absolute Gasteiger partial charge is 0.486 e. The van der Waals surface area contributed by atoms with Gasteiger partial charge >= 0.3 is 6.03 Å². The van der Waals surface area contributed by atoms with Crippen LogP contribution in [0.2, 0.25) is 0 Å². The van der Waals surface area contributed by atoms with E-state index in [0.29, 0.717) is 24.5 Å². The zero-order valence-electron chi connectivity index (χ0n) is 14.2. The van der Waals surface area contributed by atoms with Gasteiger partial charge in [-0.15, -0.1) is 0 Å². The Balaban J connectivity index is 1.78. The topological polar surface area (TPSA) is 50.8 Å². The SMILES string of the molecule is CN(C)C(=O)NC(Cc1ccc(F)cc1)C1COc2ccccc2O1. The minimum Gasteiger partial charge on any atom is -0.486 e. The number of nitrogens with one attached hydrogen (secondary N) is 1. The minimum atomic E-state index is -0.344. The van der Waals surface area contributed by atoms with Crippen LogP contribution in [-0.2, 0) is 6.42 Å². The number of fused-ring (bicyclic) bond motifs is 1. The third-order valence-corrected chi connectivity index (χ3v) is 4.06. The maximum Gasteiger partial charge on any atom is 0.317 e. The van der Waals surface area contributed by atoms with E-state index in [2.05, 4.69) is 5.32 Å². The van der Waals surface area contributed by atoms with E-state index in [-0.39, 0.29) is 24.0 Å². The molecule has 5 nitrogen and oxygen atoms in total. The van der Waals surface area contributed by atoms with E-state index in [1.807, 2.05) is 24.3 Å². The summed E-state index contributed by atoms with van der Waals surface area (Å²) in [4.78, 5) is 13.6. The lowest BCUT2D eigenvalue weighted by Crippen LogP contribution is -2.53. The first-order chi connectivity index (χ1) is 12.0. The van der Waals surface area contributed by atoms with E-state index in [0.717, 1.165) is 5.56 Å². The zero-order chi connectivity index (χ0) is 17.8. The van der Waals surface area contributed by atoms with Crippen LogP contribution in [-0.4, -0.2) is 43.8 Å². The van der Waals surface area contributed by atoms with Crippen molar-refractivity contribution in [1.82, 2.24) is 10.2 Å². The number of urea groups is 1. The fourth-order valence-electron chi connectivity index (χ4n) is 2.67. The van der Waals surface area contributed by atoms with Crippen molar-refractivity contribution in [3.05, 3.63) is 59.9 Å². The average Bonchev–Trinajstić information content (AvgIpc) is 2.62. The van der Waals surface area contributed by atoms with Crippen molar-refractivity contribution in [2.75, 3.05) is 20.7 Å². The number of nitrogens with zero attached hydrogens (tertiary/aromatic N) is 1. The maximum absolute atomic E-state index is 13.1. The van der Waals surface area contributed by atoms with Crippen molar-refractivity contribution >= 4 is 6.03 Å². The van der Waals surface area contributed by atoms with E-state index in [4.69, 9.17) is 9.47 Å². The molecule has 0 saturated heterocycles. The maximum atomic E-state index is 13.1. The van der Waals surface area contributed by atoms with Crippen LogP contribution in [0, 0.1) is 5.82 Å². The predicted molar refractivity (Wildman–Crippen MR) is 92.5 cm³/mol. The average molecular weight is 344 g/mol. The molecule has 0 bridgehead atoms. The molecule has 1 heterocycles. The Hall–Kier alpha value is -2.76. The van der Waals surface area contributed by atoms with Gasteiger partial charge in [-0.3, -0.25) is 0 Å². The van der Waals surface area contributed by atoms with Crippen LogP contribution in [0.25, 0.3) is 0 Å². The molecular weight excluding hydrogens is 323 g/mol. The van der Waals surface area contributed by atoms with Crippen LogP contribution in [0.15, 0.2) is 48.5 Å². The van der Waals surface area contributed by atoms with Gasteiger partial charge in [0.2, 0.25) is 0 Å². The van der Waals surface area contributed by atoms with Gasteiger partial charge in [-0.2, -0.15) is 0 Å². The van der Waals surface area contributed by atoms with E-state index in [9.17, 15) is 9.18 Å². The van der Waals surface area contributed by atoms with Crippen LogP contribution in [0.4, 0.5) is 9.18 Å². The first-order valence-electron chi connectivity index (χ1n) is 8.13. The summed E-state index contributed by atoms with van der Waals surface area (Å²) in [6.45, 7) is 0.330. The standard InChI is InChI=1S/C19H21FN2O3/c1-22(2)19(23)21-15(11-13-7-9-14(20)10-8-13)18-12-24-16-5-3-4-6-17(16)25-18/h3-10,15,18H,11-12H2,1-2H3,(H,21,23). The molecular formula is C19H21FN2O3. The predicted octanol–water partition coefficient (Wildman–Crippen LogP) is 2.85. The van der Waals surface area contributed by atoms with Crippen LogP contribution in [0.5, 0.6) is 11.5 Å². The van der Waals surface area contributed by atoms with Crippen molar-refractivity contribution < 1.29 is 18.7 Å². The fraction of sp³-hybridized carbons (Fsp3) is 0.316. The summed E-state index contributed by atoms with van der Waals surface area (Å²) < 4.78 is 24.9. The molecule has 1 N–H and O–H groups in total. The molecule has 2 unspecified atom stereocenters. The van der Waals surface area contributed by atoms with Gasteiger partial charge in [0.25, 0.3) is 0 Å². The number of hydrogen-bond donors (Lipinski definition) is 1. The number of amides is 2. The van der Waals surface area contributed by atoms with Gasteiger partial charge in [-0.1, -0.05) is 24.3 Å². The van der Waals surface area contributed by atoms with Crippen molar-refractivity contribution in [3.63, 3.8) is 0 Å². The summed E-state index contributed by atoms with van der Waals surface area (Å²) in [7, 11) is 3.36. The van der Waals surface area contributed by atoms with Gasteiger partial charge in [0.15, 0.2) is 17.6 Å².